The molecule has 0 atom stereocenters. The number of halogens is 3. The molecule has 0 nitrogen and oxygen atoms in total. The maximum Gasteiger partial charge on any atom is 0.162 e. The normalized spacial score (nSPS) is 28.7. The lowest BCUT2D eigenvalue weighted by Crippen LogP contribution is -2.25. The molecule has 2 aliphatic carbocycles. The third-order valence-corrected chi connectivity index (χ3v) is 7.26. The van der Waals surface area contributed by atoms with Crippen molar-refractivity contribution in [3.05, 3.63) is 47.0 Å². The average Bonchev–Trinajstić information content (AvgIpc) is 2.73. The van der Waals surface area contributed by atoms with Crippen LogP contribution in [0.15, 0.2) is 24.3 Å². The number of allylic oxidation sites excluding steroid dienone is 2. The van der Waals surface area contributed by atoms with Crippen LogP contribution in [-0.4, -0.2) is 6.67 Å². The Labute approximate surface area is 168 Å². The summed E-state index contributed by atoms with van der Waals surface area (Å²) in [7, 11) is 0. The third-order valence-electron chi connectivity index (χ3n) is 7.26. The van der Waals surface area contributed by atoms with Crippen LogP contribution in [0.2, 0.25) is 0 Å². The Hall–Kier alpha value is -1.25. The summed E-state index contributed by atoms with van der Waals surface area (Å²) in [5.41, 5.74) is 0.982. The molecule has 0 amide bonds. The number of aryl methyl sites for hydroxylation is 1. The van der Waals surface area contributed by atoms with Crippen molar-refractivity contribution in [2.75, 3.05) is 6.67 Å². The zero-order valence-electron chi connectivity index (χ0n) is 17.2. The van der Waals surface area contributed by atoms with Gasteiger partial charge in [-0.15, -0.1) is 0 Å². The molecule has 1 aromatic rings. The van der Waals surface area contributed by atoms with E-state index in [1.807, 2.05) is 6.08 Å². The van der Waals surface area contributed by atoms with Gasteiger partial charge in [-0.1, -0.05) is 37.1 Å². The maximum atomic E-state index is 14.3. The van der Waals surface area contributed by atoms with E-state index >= 15 is 0 Å². The van der Waals surface area contributed by atoms with Gasteiger partial charge in [0.05, 0.1) is 6.67 Å². The van der Waals surface area contributed by atoms with Crippen LogP contribution >= 0.6 is 0 Å². The number of benzene rings is 1. The summed E-state index contributed by atoms with van der Waals surface area (Å²) in [5.74, 6) is 1.30. The molecule has 0 spiro atoms. The van der Waals surface area contributed by atoms with Gasteiger partial charge >= 0.3 is 0 Å². The number of hydrogen-bond donors (Lipinski definition) is 0. The van der Waals surface area contributed by atoms with E-state index in [0.717, 1.165) is 49.9 Å². The topological polar surface area (TPSA) is 0 Å². The minimum atomic E-state index is -0.669. The third kappa shape index (κ3) is 5.42. The fraction of sp³-hybridized carbons (Fsp3) is 0.680. The van der Waals surface area contributed by atoms with Crippen LogP contribution < -0.4 is 0 Å². The average molecular weight is 393 g/mol. The first-order chi connectivity index (χ1) is 13.6. The molecule has 3 heteroatoms. The second-order valence-corrected chi connectivity index (χ2v) is 9.02. The first kappa shape index (κ1) is 21.5. The number of alkyl halides is 1. The van der Waals surface area contributed by atoms with E-state index in [1.54, 1.807) is 19.1 Å². The summed E-state index contributed by atoms with van der Waals surface area (Å²) < 4.78 is 40.3. The second kappa shape index (κ2) is 10.5. The van der Waals surface area contributed by atoms with Crippen LogP contribution in [0.3, 0.4) is 0 Å². The van der Waals surface area contributed by atoms with Crippen LogP contribution in [-0.2, 0) is 0 Å². The molecule has 0 aromatic heterocycles. The summed E-state index contributed by atoms with van der Waals surface area (Å²) in [6.07, 6.45) is 16.5. The van der Waals surface area contributed by atoms with E-state index in [2.05, 4.69) is 6.08 Å². The zero-order valence-corrected chi connectivity index (χ0v) is 17.2. The molecule has 2 fully saturated rings. The molecule has 0 bridgehead atoms. The molecular weight excluding hydrogens is 357 g/mol. The van der Waals surface area contributed by atoms with Gasteiger partial charge in [-0.2, -0.15) is 0 Å². The summed E-state index contributed by atoms with van der Waals surface area (Å²) in [6, 6.07) is 3.51. The molecule has 0 radical (unpaired) electrons. The first-order valence-corrected chi connectivity index (χ1v) is 11.3. The number of rotatable bonds is 7. The molecule has 0 aliphatic heterocycles. The quantitative estimate of drug-likeness (QED) is 0.412. The van der Waals surface area contributed by atoms with E-state index in [0.29, 0.717) is 17.5 Å². The molecule has 0 N–H and O–H groups in total. The molecule has 2 aliphatic rings. The largest absolute Gasteiger partial charge is 0.251 e. The van der Waals surface area contributed by atoms with Gasteiger partial charge in [-0.05, 0) is 99.5 Å². The highest BCUT2D eigenvalue weighted by Gasteiger charge is 2.32. The van der Waals surface area contributed by atoms with Gasteiger partial charge in [-0.3, -0.25) is 4.39 Å². The second-order valence-electron chi connectivity index (χ2n) is 9.02. The highest BCUT2D eigenvalue weighted by molar-refractivity contribution is 5.28. The van der Waals surface area contributed by atoms with Crippen LogP contribution in [0.5, 0.6) is 0 Å². The van der Waals surface area contributed by atoms with E-state index < -0.39 is 11.6 Å². The van der Waals surface area contributed by atoms with E-state index in [9.17, 15) is 13.2 Å². The monoisotopic (exact) mass is 392 g/mol. The Morgan fingerprint density at radius 2 is 1.43 bits per heavy atom. The Bertz CT molecular complexity index is 635. The fourth-order valence-electron chi connectivity index (χ4n) is 5.46. The molecule has 0 heterocycles. The van der Waals surface area contributed by atoms with Crippen molar-refractivity contribution in [3.63, 3.8) is 0 Å². The van der Waals surface area contributed by atoms with E-state index in [1.165, 1.54) is 32.1 Å². The van der Waals surface area contributed by atoms with Crippen molar-refractivity contribution < 1.29 is 13.2 Å². The van der Waals surface area contributed by atoms with Gasteiger partial charge in [0, 0.05) is 0 Å². The summed E-state index contributed by atoms with van der Waals surface area (Å²) in [4.78, 5) is 0. The van der Waals surface area contributed by atoms with E-state index in [-0.39, 0.29) is 12.6 Å². The highest BCUT2D eigenvalue weighted by Crippen LogP contribution is 2.45. The summed E-state index contributed by atoms with van der Waals surface area (Å²) in [5, 5.41) is 0. The lowest BCUT2D eigenvalue weighted by atomic mass is 9.68. The standard InChI is InChI=1S/C25H35F3/c1-18-7-16-23(25(28)24(18)27)22-14-12-21(13-15-22)20-10-8-19(9-11-20)6-4-2-3-5-17-26/h2-3,7,16,19-22H,4-6,8-15,17H2,1H3/b3-2+. The van der Waals surface area contributed by atoms with Crippen molar-refractivity contribution >= 4 is 0 Å². The van der Waals surface area contributed by atoms with Gasteiger partial charge in [0.2, 0.25) is 0 Å². The number of hydrogen-bond acceptors (Lipinski definition) is 0. The van der Waals surface area contributed by atoms with Crippen molar-refractivity contribution in [1.82, 2.24) is 0 Å². The molecule has 3 rings (SSSR count). The smallest absolute Gasteiger partial charge is 0.162 e. The van der Waals surface area contributed by atoms with Gasteiger partial charge in [-0.25, -0.2) is 8.78 Å². The predicted molar refractivity (Wildman–Crippen MR) is 110 cm³/mol. The molecule has 0 unspecified atom stereocenters. The summed E-state index contributed by atoms with van der Waals surface area (Å²) >= 11 is 0. The fourth-order valence-corrected chi connectivity index (χ4v) is 5.46. The lowest BCUT2D eigenvalue weighted by Gasteiger charge is -2.38. The molecule has 0 saturated heterocycles. The molecule has 28 heavy (non-hydrogen) atoms. The molecule has 1 aromatic carbocycles. The van der Waals surface area contributed by atoms with Crippen LogP contribution in [0, 0.1) is 36.3 Å². The van der Waals surface area contributed by atoms with E-state index in [4.69, 9.17) is 0 Å². The van der Waals surface area contributed by atoms with Gasteiger partial charge in [0.25, 0.3) is 0 Å². The van der Waals surface area contributed by atoms with Crippen molar-refractivity contribution in [1.29, 1.82) is 0 Å². The lowest BCUT2D eigenvalue weighted by molar-refractivity contribution is 0.156. The van der Waals surface area contributed by atoms with Crippen molar-refractivity contribution in [2.45, 2.75) is 83.5 Å². The molecule has 156 valence electrons. The zero-order chi connectivity index (χ0) is 19.9. The minimum Gasteiger partial charge on any atom is -0.251 e. The van der Waals surface area contributed by atoms with Crippen LogP contribution in [0.4, 0.5) is 13.2 Å². The maximum absolute atomic E-state index is 14.3. The van der Waals surface area contributed by atoms with Crippen LogP contribution in [0.25, 0.3) is 0 Å². The molecular formula is C25H35F3. The Balaban J connectivity index is 1.42. The Kier molecular flexibility index (Phi) is 8.05. The highest BCUT2D eigenvalue weighted by atomic mass is 19.2. The van der Waals surface area contributed by atoms with Gasteiger partial charge in [0.15, 0.2) is 11.6 Å². The Morgan fingerprint density at radius 1 is 0.821 bits per heavy atom. The van der Waals surface area contributed by atoms with Crippen LogP contribution in [0.1, 0.15) is 87.7 Å². The first-order valence-electron chi connectivity index (χ1n) is 11.3. The Morgan fingerprint density at radius 3 is 2.07 bits per heavy atom. The van der Waals surface area contributed by atoms with Gasteiger partial charge in [0.1, 0.15) is 0 Å². The predicted octanol–water partition coefficient (Wildman–Crippen LogP) is 8.05. The van der Waals surface area contributed by atoms with Gasteiger partial charge < -0.3 is 0 Å². The molecule has 2 saturated carbocycles. The van der Waals surface area contributed by atoms with Crippen molar-refractivity contribution in [2.24, 2.45) is 17.8 Å². The summed E-state index contributed by atoms with van der Waals surface area (Å²) in [6.45, 7) is 1.37. The van der Waals surface area contributed by atoms with Crippen molar-refractivity contribution in [3.8, 4) is 0 Å². The SMILES string of the molecule is Cc1ccc(C2CCC(C3CCC(CC/C=C/CCF)CC3)CC2)c(F)c1F. The minimum absolute atomic E-state index is 0.179.